The monoisotopic (exact) mass is 490 g/mol. The minimum Gasteiger partial charge on any atom is -0.550 e. The second-order valence-corrected chi connectivity index (χ2v) is 11.5. The molecule has 0 bridgehead atoms. The average molecular weight is 489 g/mol. The summed E-state index contributed by atoms with van der Waals surface area (Å²) in [5, 5.41) is 19.5. The van der Waals surface area contributed by atoms with Crippen LogP contribution in [0.25, 0.3) is 0 Å². The SMILES string of the molecule is CCCCCCC[CH2][Sn+2][CH2]CCCCCCC.O=C([O-])CCCCC(=O)[O-]. The van der Waals surface area contributed by atoms with Crippen LogP contribution >= 0.6 is 0 Å². The maximum Gasteiger partial charge on any atom is 0.0414 e. The van der Waals surface area contributed by atoms with Crippen molar-refractivity contribution in [2.24, 2.45) is 0 Å². The molecule has 0 saturated carbocycles. The fourth-order valence-electron chi connectivity index (χ4n) is 2.72. The van der Waals surface area contributed by atoms with E-state index in [2.05, 4.69) is 13.8 Å². The number of carbonyl (C=O) groups is 2. The summed E-state index contributed by atoms with van der Waals surface area (Å²) in [6.45, 7) is 4.60. The zero-order valence-corrected chi connectivity index (χ0v) is 20.7. The number of hydrogen-bond acceptors (Lipinski definition) is 4. The van der Waals surface area contributed by atoms with Crippen molar-refractivity contribution in [3.8, 4) is 0 Å². The van der Waals surface area contributed by atoms with Crippen LogP contribution in [0.15, 0.2) is 0 Å². The van der Waals surface area contributed by atoms with Gasteiger partial charge in [-0.1, -0.05) is 0 Å². The third-order valence-electron chi connectivity index (χ3n) is 4.43. The van der Waals surface area contributed by atoms with Gasteiger partial charge < -0.3 is 19.8 Å². The molecular weight excluding hydrogens is 447 g/mol. The van der Waals surface area contributed by atoms with Gasteiger partial charge in [0.25, 0.3) is 0 Å². The molecule has 0 N–H and O–H groups in total. The smallest absolute Gasteiger partial charge is 0.0414 e. The molecule has 0 amide bonds. The summed E-state index contributed by atoms with van der Waals surface area (Å²) in [7, 11) is 0. The van der Waals surface area contributed by atoms with Crippen molar-refractivity contribution in [3.63, 3.8) is 0 Å². The molecule has 0 heterocycles. The van der Waals surface area contributed by atoms with Crippen molar-refractivity contribution in [3.05, 3.63) is 0 Å². The predicted octanol–water partition coefficient (Wildman–Crippen LogP) is 4.29. The third-order valence-corrected chi connectivity index (χ3v) is 8.46. The topological polar surface area (TPSA) is 80.3 Å². The Morgan fingerprint density at radius 3 is 1.22 bits per heavy atom. The van der Waals surface area contributed by atoms with Crippen LogP contribution in [0.5, 0.6) is 0 Å². The summed E-state index contributed by atoms with van der Waals surface area (Å²) >= 11 is 0.0736. The molecule has 0 aromatic carbocycles. The summed E-state index contributed by atoms with van der Waals surface area (Å²) in [4.78, 5) is 19.5. The van der Waals surface area contributed by atoms with E-state index in [0.29, 0.717) is 12.8 Å². The number of carbonyl (C=O) groups excluding carboxylic acids is 2. The zero-order valence-electron chi connectivity index (χ0n) is 17.9. The van der Waals surface area contributed by atoms with E-state index in [1.807, 2.05) is 0 Å². The molecule has 0 spiro atoms. The van der Waals surface area contributed by atoms with Crippen LogP contribution in [0.3, 0.4) is 0 Å². The Balaban J connectivity index is 0. The molecular formula is C22H42O4Sn. The molecule has 5 heteroatoms. The van der Waals surface area contributed by atoms with Crippen molar-refractivity contribution in [2.75, 3.05) is 0 Å². The van der Waals surface area contributed by atoms with Gasteiger partial charge in [0, 0.05) is 11.9 Å². The van der Waals surface area contributed by atoms with Crippen LogP contribution in [-0.4, -0.2) is 33.1 Å². The predicted molar refractivity (Wildman–Crippen MR) is 111 cm³/mol. The van der Waals surface area contributed by atoms with Gasteiger partial charge in [0.1, 0.15) is 0 Å². The first-order chi connectivity index (χ1) is 13.0. The average Bonchev–Trinajstić information content (AvgIpc) is 2.63. The van der Waals surface area contributed by atoms with Crippen LogP contribution in [0.1, 0.15) is 117 Å². The van der Waals surface area contributed by atoms with Gasteiger partial charge in [-0.3, -0.25) is 0 Å². The minimum absolute atomic E-state index is 0.0736. The maximum atomic E-state index is 9.77. The van der Waals surface area contributed by atoms with E-state index >= 15 is 0 Å². The second-order valence-electron chi connectivity index (χ2n) is 7.24. The summed E-state index contributed by atoms with van der Waals surface area (Å²) in [6, 6.07) is 0. The van der Waals surface area contributed by atoms with E-state index in [1.54, 1.807) is 21.7 Å². The van der Waals surface area contributed by atoms with E-state index in [4.69, 9.17) is 0 Å². The van der Waals surface area contributed by atoms with Crippen LogP contribution in [-0.2, 0) is 9.59 Å². The van der Waals surface area contributed by atoms with Gasteiger partial charge in [-0.05, 0) is 25.7 Å². The molecule has 0 atom stereocenters. The van der Waals surface area contributed by atoms with E-state index < -0.39 is 11.9 Å². The Labute approximate surface area is 178 Å². The Hall–Kier alpha value is -0.261. The number of carboxylic acids is 2. The van der Waals surface area contributed by atoms with Gasteiger partial charge in [0.2, 0.25) is 0 Å². The number of rotatable bonds is 19. The molecule has 0 aliphatic carbocycles. The van der Waals surface area contributed by atoms with Crippen molar-refractivity contribution >= 4 is 33.1 Å². The first kappa shape index (κ1) is 28.9. The van der Waals surface area contributed by atoms with Crippen molar-refractivity contribution in [2.45, 2.75) is 125 Å². The Morgan fingerprint density at radius 1 is 0.556 bits per heavy atom. The fraction of sp³-hybridized carbons (Fsp3) is 0.909. The molecule has 0 unspecified atom stereocenters. The summed E-state index contributed by atoms with van der Waals surface area (Å²) in [5.41, 5.74) is 0. The summed E-state index contributed by atoms with van der Waals surface area (Å²) in [5.74, 6) is -2.28. The summed E-state index contributed by atoms with van der Waals surface area (Å²) < 4.78 is 3.31. The Kier molecular flexibility index (Phi) is 27.6. The minimum atomic E-state index is -1.14. The van der Waals surface area contributed by atoms with Gasteiger partial charge in [-0.15, -0.1) is 0 Å². The standard InChI is InChI=1S/2C8H17.C6H10O4.Sn/c2*1-3-5-7-8-6-4-2;7-5(8)3-1-2-4-6(9)10;/h2*1,3-8H2,2H3;1-4H2,(H,7,8)(H,9,10);/q;;;+2/p-2. The van der Waals surface area contributed by atoms with Gasteiger partial charge in [-0.25, -0.2) is 0 Å². The van der Waals surface area contributed by atoms with Crippen molar-refractivity contribution in [1.29, 1.82) is 0 Å². The Bertz CT molecular complexity index is 291. The number of carboxylic acid groups (broad SMARTS) is 2. The molecule has 0 aromatic heterocycles. The maximum absolute atomic E-state index is 9.77. The zero-order chi connectivity index (χ0) is 20.6. The molecule has 0 saturated heterocycles. The molecule has 158 valence electrons. The number of unbranched alkanes of at least 4 members (excludes halogenated alkanes) is 11. The molecule has 27 heavy (non-hydrogen) atoms. The quantitative estimate of drug-likeness (QED) is 0.200. The number of hydrogen-bond donors (Lipinski definition) is 0. The number of aliphatic carboxylic acids is 2. The van der Waals surface area contributed by atoms with E-state index in [-0.39, 0.29) is 34.0 Å². The Morgan fingerprint density at radius 2 is 0.889 bits per heavy atom. The van der Waals surface area contributed by atoms with Crippen LogP contribution in [0.2, 0.25) is 8.87 Å². The molecule has 0 aliphatic rings. The van der Waals surface area contributed by atoms with Gasteiger partial charge in [-0.2, -0.15) is 0 Å². The molecule has 0 radical (unpaired) electrons. The van der Waals surface area contributed by atoms with E-state index in [1.165, 1.54) is 64.2 Å². The normalized spacial score (nSPS) is 10.0. The van der Waals surface area contributed by atoms with Gasteiger partial charge in [0.15, 0.2) is 0 Å². The first-order valence-corrected chi connectivity index (χ1v) is 15.2. The molecule has 4 nitrogen and oxygen atoms in total. The fourth-order valence-corrected chi connectivity index (χ4v) is 6.29. The second kappa shape index (κ2) is 25.7. The van der Waals surface area contributed by atoms with E-state index in [9.17, 15) is 19.8 Å². The molecule has 0 fully saturated rings. The molecule has 0 rings (SSSR count). The summed E-state index contributed by atoms with van der Waals surface area (Å²) in [6.07, 6.45) is 18.4. The molecule has 0 aliphatic heterocycles. The van der Waals surface area contributed by atoms with E-state index in [0.717, 1.165) is 0 Å². The largest absolute Gasteiger partial charge is 0.550 e. The first-order valence-electron chi connectivity index (χ1n) is 11.1. The third kappa shape index (κ3) is 33.7. The van der Waals surface area contributed by atoms with Gasteiger partial charge in [0.05, 0.1) is 0 Å². The van der Waals surface area contributed by atoms with Crippen LogP contribution in [0, 0.1) is 0 Å². The van der Waals surface area contributed by atoms with Crippen LogP contribution < -0.4 is 10.2 Å². The van der Waals surface area contributed by atoms with Crippen molar-refractivity contribution in [1.82, 2.24) is 0 Å². The molecule has 0 aromatic rings. The van der Waals surface area contributed by atoms with Crippen LogP contribution in [0.4, 0.5) is 0 Å². The van der Waals surface area contributed by atoms with Gasteiger partial charge >= 0.3 is 121 Å². The van der Waals surface area contributed by atoms with Crippen molar-refractivity contribution < 1.29 is 19.8 Å².